The molecule has 0 saturated carbocycles. The molecule has 1 N–H and O–H groups in total. The maximum Gasteiger partial charge on any atom is 0.275 e. The van der Waals surface area contributed by atoms with Gasteiger partial charge in [0, 0.05) is 18.0 Å². The minimum atomic E-state index is -0.383. The van der Waals surface area contributed by atoms with Gasteiger partial charge in [-0.3, -0.25) is 9.20 Å². The van der Waals surface area contributed by atoms with Crippen molar-refractivity contribution in [3.05, 3.63) is 95.2 Å². The number of nitrogens with zero attached hydrogens (tertiary/aromatic N) is 2. The van der Waals surface area contributed by atoms with E-state index >= 15 is 0 Å². The molecule has 7 heteroatoms. The summed E-state index contributed by atoms with van der Waals surface area (Å²) < 4.78 is 20.6. The van der Waals surface area contributed by atoms with Crippen molar-refractivity contribution >= 4 is 28.8 Å². The second-order valence-electron chi connectivity index (χ2n) is 6.08. The Balaban J connectivity index is 1.50. The first kappa shape index (κ1) is 18.0. The third-order valence-electron chi connectivity index (χ3n) is 4.09. The summed E-state index contributed by atoms with van der Waals surface area (Å²) in [4.78, 5) is 16.9. The van der Waals surface area contributed by atoms with E-state index in [1.54, 1.807) is 59.1 Å². The molecule has 0 unspecified atom stereocenters. The van der Waals surface area contributed by atoms with Crippen LogP contribution in [0.25, 0.3) is 5.65 Å². The Bertz CT molecular complexity index is 1160. The number of hydrogen-bond acceptors (Lipinski definition) is 3. The molecule has 0 radical (unpaired) electrons. The fourth-order valence-corrected chi connectivity index (χ4v) is 3.08. The molecular weight excluding hydrogens is 381 g/mol. The highest BCUT2D eigenvalue weighted by atomic mass is 35.5. The lowest BCUT2D eigenvalue weighted by atomic mass is 10.2. The number of fused-ring (bicyclic) bond motifs is 1. The lowest BCUT2D eigenvalue weighted by molar-refractivity contribution is 0.102. The van der Waals surface area contributed by atoms with E-state index in [9.17, 15) is 9.18 Å². The summed E-state index contributed by atoms with van der Waals surface area (Å²) in [6.07, 6.45) is 1.72. The van der Waals surface area contributed by atoms with E-state index in [4.69, 9.17) is 16.3 Å². The fourth-order valence-electron chi connectivity index (χ4n) is 2.82. The Morgan fingerprint density at radius 3 is 2.82 bits per heavy atom. The van der Waals surface area contributed by atoms with Gasteiger partial charge in [0.05, 0.1) is 0 Å². The van der Waals surface area contributed by atoms with Crippen molar-refractivity contribution in [3.63, 3.8) is 0 Å². The van der Waals surface area contributed by atoms with Crippen LogP contribution in [0.3, 0.4) is 0 Å². The lowest BCUT2D eigenvalue weighted by Gasteiger charge is -2.10. The molecule has 0 aliphatic rings. The van der Waals surface area contributed by atoms with Crippen LogP contribution in [-0.4, -0.2) is 15.3 Å². The van der Waals surface area contributed by atoms with Gasteiger partial charge in [-0.05, 0) is 42.0 Å². The van der Waals surface area contributed by atoms with Gasteiger partial charge in [-0.15, -0.1) is 0 Å². The minimum Gasteiger partial charge on any atom is -0.489 e. The van der Waals surface area contributed by atoms with E-state index < -0.39 is 0 Å². The Hall–Kier alpha value is -3.38. The molecule has 0 aliphatic heterocycles. The van der Waals surface area contributed by atoms with Crippen molar-refractivity contribution in [2.75, 3.05) is 5.32 Å². The molecule has 0 bridgehead atoms. The molecule has 140 valence electrons. The number of halogens is 2. The third kappa shape index (κ3) is 3.82. The summed E-state index contributed by atoms with van der Waals surface area (Å²) in [7, 11) is 0. The van der Waals surface area contributed by atoms with Crippen molar-refractivity contribution in [1.82, 2.24) is 9.38 Å². The van der Waals surface area contributed by atoms with Crippen molar-refractivity contribution in [2.24, 2.45) is 0 Å². The van der Waals surface area contributed by atoms with E-state index in [0.717, 1.165) is 0 Å². The number of nitrogens with one attached hydrogen (secondary N) is 1. The van der Waals surface area contributed by atoms with Gasteiger partial charge in [-0.1, -0.05) is 35.9 Å². The Kier molecular flexibility index (Phi) is 4.95. The zero-order valence-electron chi connectivity index (χ0n) is 14.6. The predicted molar refractivity (Wildman–Crippen MR) is 105 cm³/mol. The monoisotopic (exact) mass is 395 g/mol. The molecule has 0 aliphatic carbocycles. The summed E-state index contributed by atoms with van der Waals surface area (Å²) in [5.74, 6) is -0.149. The fraction of sp³-hybridized carbons (Fsp3) is 0.0476. The van der Waals surface area contributed by atoms with Crippen LogP contribution in [0.2, 0.25) is 5.15 Å². The van der Waals surface area contributed by atoms with Crippen LogP contribution in [0.4, 0.5) is 10.1 Å². The summed E-state index contributed by atoms with van der Waals surface area (Å²) in [6, 6.07) is 18.5. The Morgan fingerprint density at radius 2 is 1.96 bits per heavy atom. The summed E-state index contributed by atoms with van der Waals surface area (Å²) in [5.41, 5.74) is 2.10. The molecule has 4 aromatic rings. The number of aromatic nitrogens is 2. The molecule has 28 heavy (non-hydrogen) atoms. The van der Waals surface area contributed by atoms with Gasteiger partial charge in [0.2, 0.25) is 0 Å². The van der Waals surface area contributed by atoms with Crippen LogP contribution < -0.4 is 10.1 Å². The van der Waals surface area contributed by atoms with Crippen molar-refractivity contribution in [1.29, 1.82) is 0 Å². The van der Waals surface area contributed by atoms with E-state index in [-0.39, 0.29) is 29.2 Å². The molecule has 2 heterocycles. The molecular formula is C21H15ClFN3O2. The molecule has 2 aromatic heterocycles. The Labute approximate surface area is 165 Å². The van der Waals surface area contributed by atoms with Gasteiger partial charge < -0.3 is 10.1 Å². The number of hydrogen-bond donors (Lipinski definition) is 1. The molecule has 0 atom stereocenters. The second-order valence-corrected chi connectivity index (χ2v) is 6.44. The normalized spacial score (nSPS) is 10.8. The van der Waals surface area contributed by atoms with Crippen molar-refractivity contribution in [3.8, 4) is 5.75 Å². The number of carbonyl (C=O) groups is 1. The maximum atomic E-state index is 13.3. The van der Waals surface area contributed by atoms with Gasteiger partial charge in [-0.2, -0.15) is 0 Å². The number of ether oxygens (including phenoxy) is 1. The zero-order valence-corrected chi connectivity index (χ0v) is 15.4. The molecule has 4 rings (SSSR count). The van der Waals surface area contributed by atoms with Crippen LogP contribution in [0, 0.1) is 5.82 Å². The molecule has 0 spiro atoms. The quantitative estimate of drug-likeness (QED) is 0.519. The van der Waals surface area contributed by atoms with Gasteiger partial charge in [0.15, 0.2) is 10.8 Å². The first-order valence-corrected chi connectivity index (χ1v) is 8.89. The maximum absolute atomic E-state index is 13.3. The van der Waals surface area contributed by atoms with Gasteiger partial charge >= 0.3 is 0 Å². The second kappa shape index (κ2) is 7.70. The SMILES string of the molecule is O=C(Nc1cccc(OCc2cccc(F)c2)c1)c1c(Cl)nc2ccccn12. The Morgan fingerprint density at radius 1 is 1.11 bits per heavy atom. The van der Waals surface area contributed by atoms with E-state index in [0.29, 0.717) is 22.6 Å². The molecule has 0 saturated heterocycles. The topological polar surface area (TPSA) is 55.6 Å². The summed E-state index contributed by atoms with van der Waals surface area (Å²) >= 11 is 6.14. The highest BCUT2D eigenvalue weighted by molar-refractivity contribution is 6.33. The minimum absolute atomic E-state index is 0.127. The third-order valence-corrected chi connectivity index (χ3v) is 4.35. The van der Waals surface area contributed by atoms with Crippen LogP contribution >= 0.6 is 11.6 Å². The predicted octanol–water partition coefficient (Wildman–Crippen LogP) is 4.96. The molecule has 5 nitrogen and oxygen atoms in total. The standard InChI is InChI=1S/C21H15ClFN3O2/c22-20-19(26-10-2-1-9-18(26)25-20)21(27)24-16-7-4-8-17(12-16)28-13-14-5-3-6-15(23)11-14/h1-12H,13H2,(H,24,27). The van der Waals surface area contributed by atoms with E-state index in [1.165, 1.54) is 12.1 Å². The van der Waals surface area contributed by atoms with Crippen LogP contribution in [0.1, 0.15) is 16.1 Å². The van der Waals surface area contributed by atoms with Gasteiger partial charge in [0.1, 0.15) is 23.8 Å². The smallest absolute Gasteiger partial charge is 0.275 e. The average Bonchev–Trinajstić information content (AvgIpc) is 3.02. The summed E-state index contributed by atoms with van der Waals surface area (Å²) in [6.45, 7) is 0.217. The molecule has 2 aromatic carbocycles. The summed E-state index contributed by atoms with van der Waals surface area (Å²) in [5, 5.41) is 2.93. The number of carbonyl (C=O) groups excluding carboxylic acids is 1. The van der Waals surface area contributed by atoms with Gasteiger partial charge in [-0.25, -0.2) is 9.37 Å². The van der Waals surface area contributed by atoms with Crippen LogP contribution in [0.5, 0.6) is 5.75 Å². The van der Waals surface area contributed by atoms with Crippen LogP contribution in [0.15, 0.2) is 72.9 Å². The number of pyridine rings is 1. The highest BCUT2D eigenvalue weighted by Crippen LogP contribution is 2.22. The molecule has 1 amide bonds. The number of rotatable bonds is 5. The average molecular weight is 396 g/mol. The van der Waals surface area contributed by atoms with Crippen molar-refractivity contribution in [2.45, 2.75) is 6.61 Å². The van der Waals surface area contributed by atoms with E-state index in [1.807, 2.05) is 6.07 Å². The van der Waals surface area contributed by atoms with Crippen LogP contribution in [-0.2, 0) is 6.61 Å². The molecule has 0 fully saturated rings. The lowest BCUT2D eigenvalue weighted by Crippen LogP contribution is -2.14. The first-order valence-electron chi connectivity index (χ1n) is 8.51. The first-order chi connectivity index (χ1) is 13.6. The number of amides is 1. The van der Waals surface area contributed by atoms with Crippen molar-refractivity contribution < 1.29 is 13.9 Å². The number of anilines is 1. The number of benzene rings is 2. The number of imidazole rings is 1. The van der Waals surface area contributed by atoms with E-state index in [2.05, 4.69) is 10.3 Å². The highest BCUT2D eigenvalue weighted by Gasteiger charge is 2.18. The largest absolute Gasteiger partial charge is 0.489 e. The van der Waals surface area contributed by atoms with Gasteiger partial charge in [0.25, 0.3) is 5.91 Å². The zero-order chi connectivity index (χ0) is 19.5.